The van der Waals surface area contributed by atoms with E-state index in [1.54, 1.807) is 0 Å². The summed E-state index contributed by atoms with van der Waals surface area (Å²) in [4.78, 5) is 11.4. The monoisotopic (exact) mass is 313 g/mol. The van der Waals surface area contributed by atoms with E-state index in [0.29, 0.717) is 12.5 Å². The molecule has 0 spiro atoms. The van der Waals surface area contributed by atoms with Crippen LogP contribution in [0.25, 0.3) is 0 Å². The van der Waals surface area contributed by atoms with Crippen molar-refractivity contribution in [2.75, 3.05) is 31.2 Å². The molecule has 5 nitrogen and oxygen atoms in total. The molecule has 0 N–H and O–H groups in total. The lowest BCUT2D eigenvalue weighted by Gasteiger charge is -2.27. The third-order valence-electron chi connectivity index (χ3n) is 3.87. The fraction of sp³-hybridized carbons (Fsp3) is 0.444. The third-order valence-corrected chi connectivity index (χ3v) is 3.87. The van der Waals surface area contributed by atoms with E-state index in [1.165, 1.54) is 5.56 Å². The van der Waals surface area contributed by atoms with Gasteiger partial charge in [-0.2, -0.15) is 4.98 Å². The predicted molar refractivity (Wildman–Crippen MR) is 90.0 cm³/mol. The molecule has 122 valence electrons. The van der Waals surface area contributed by atoms with Crippen molar-refractivity contribution in [2.24, 2.45) is 0 Å². The lowest BCUT2D eigenvalue weighted by atomic mass is 10.1. The summed E-state index contributed by atoms with van der Waals surface area (Å²) < 4.78 is 11.3. The van der Waals surface area contributed by atoms with Crippen molar-refractivity contribution in [3.05, 3.63) is 47.2 Å². The summed E-state index contributed by atoms with van der Waals surface area (Å²) in [5.41, 5.74) is 3.38. The average Bonchev–Trinajstić information content (AvgIpc) is 2.60. The highest BCUT2D eigenvalue weighted by Gasteiger charge is 2.15. The summed E-state index contributed by atoms with van der Waals surface area (Å²) in [7, 11) is 0. The maximum absolute atomic E-state index is 5.91. The summed E-state index contributed by atoms with van der Waals surface area (Å²) in [6, 6.07) is 10.3. The van der Waals surface area contributed by atoms with Gasteiger partial charge >= 0.3 is 0 Å². The van der Waals surface area contributed by atoms with Gasteiger partial charge in [-0.25, -0.2) is 4.98 Å². The average molecular weight is 313 g/mol. The number of aryl methyl sites for hydroxylation is 2. The van der Waals surface area contributed by atoms with E-state index < -0.39 is 0 Å². The predicted octanol–water partition coefficient (Wildman–Crippen LogP) is 2.76. The molecule has 1 fully saturated rings. The molecule has 0 amide bonds. The molecule has 0 bridgehead atoms. The van der Waals surface area contributed by atoms with Crippen LogP contribution in [0.1, 0.15) is 23.7 Å². The van der Waals surface area contributed by atoms with Crippen LogP contribution in [0, 0.1) is 6.92 Å². The van der Waals surface area contributed by atoms with Crippen LogP contribution in [0.4, 0.5) is 5.95 Å². The molecule has 1 aromatic carbocycles. The van der Waals surface area contributed by atoms with Crippen molar-refractivity contribution in [3.8, 4) is 5.88 Å². The van der Waals surface area contributed by atoms with E-state index in [2.05, 4.69) is 46.9 Å². The van der Waals surface area contributed by atoms with Crippen molar-refractivity contribution in [3.63, 3.8) is 0 Å². The molecule has 1 saturated heterocycles. The second-order valence-corrected chi connectivity index (χ2v) is 5.73. The quantitative estimate of drug-likeness (QED) is 0.849. The molecular weight excluding hydrogens is 290 g/mol. The smallest absolute Gasteiger partial charge is 0.229 e. The van der Waals surface area contributed by atoms with Crippen LogP contribution in [0.5, 0.6) is 5.88 Å². The van der Waals surface area contributed by atoms with Gasteiger partial charge in [-0.05, 0) is 18.9 Å². The molecule has 0 atom stereocenters. The summed E-state index contributed by atoms with van der Waals surface area (Å²) >= 11 is 0. The van der Waals surface area contributed by atoms with Gasteiger partial charge in [0, 0.05) is 24.8 Å². The number of hydrogen-bond donors (Lipinski definition) is 0. The lowest BCUT2D eigenvalue weighted by Crippen LogP contribution is -2.37. The molecule has 3 rings (SSSR count). The Hall–Kier alpha value is -2.14. The van der Waals surface area contributed by atoms with E-state index >= 15 is 0 Å². The largest absolute Gasteiger partial charge is 0.473 e. The maximum atomic E-state index is 5.91. The first-order valence-electron chi connectivity index (χ1n) is 8.13. The minimum atomic E-state index is 0.518. The first-order valence-corrected chi connectivity index (χ1v) is 8.13. The first kappa shape index (κ1) is 15.7. The van der Waals surface area contributed by atoms with Crippen molar-refractivity contribution in [1.82, 2.24) is 9.97 Å². The molecule has 2 aromatic rings. The lowest BCUT2D eigenvalue weighted by molar-refractivity contribution is 0.122. The summed E-state index contributed by atoms with van der Waals surface area (Å²) in [6.45, 7) is 7.79. The van der Waals surface area contributed by atoms with Gasteiger partial charge in [0.05, 0.1) is 13.2 Å². The van der Waals surface area contributed by atoms with E-state index in [4.69, 9.17) is 9.47 Å². The van der Waals surface area contributed by atoms with E-state index in [1.807, 2.05) is 12.1 Å². The Labute approximate surface area is 137 Å². The highest BCUT2D eigenvalue weighted by Crippen LogP contribution is 2.18. The topological polar surface area (TPSA) is 47.5 Å². The zero-order valence-corrected chi connectivity index (χ0v) is 13.8. The van der Waals surface area contributed by atoms with Gasteiger partial charge in [-0.1, -0.05) is 36.8 Å². The third kappa shape index (κ3) is 4.20. The minimum Gasteiger partial charge on any atom is -0.473 e. The maximum Gasteiger partial charge on any atom is 0.229 e. The number of nitrogens with zero attached hydrogens (tertiary/aromatic N) is 3. The molecule has 1 aromatic heterocycles. The molecule has 1 aliphatic heterocycles. The molecular formula is C18H23N3O2. The van der Waals surface area contributed by atoms with Crippen LogP contribution >= 0.6 is 0 Å². The van der Waals surface area contributed by atoms with Crippen LogP contribution in [-0.4, -0.2) is 36.3 Å². The van der Waals surface area contributed by atoms with Gasteiger partial charge in [-0.15, -0.1) is 0 Å². The number of benzene rings is 1. The van der Waals surface area contributed by atoms with Gasteiger partial charge in [0.1, 0.15) is 6.61 Å². The molecule has 0 saturated carbocycles. The number of morpholine rings is 1. The van der Waals surface area contributed by atoms with Crippen LogP contribution in [0.3, 0.4) is 0 Å². The molecule has 0 aliphatic carbocycles. The number of anilines is 1. The second-order valence-electron chi connectivity index (χ2n) is 5.73. The van der Waals surface area contributed by atoms with Crippen molar-refractivity contribution >= 4 is 5.95 Å². The SMILES string of the molecule is CCc1cc(OCc2cccc(C)c2)nc(N2CCOCC2)n1. The highest BCUT2D eigenvalue weighted by molar-refractivity contribution is 5.35. The highest BCUT2D eigenvalue weighted by atomic mass is 16.5. The first-order chi connectivity index (χ1) is 11.2. The van der Waals surface area contributed by atoms with Gasteiger partial charge in [-0.3, -0.25) is 0 Å². The Morgan fingerprint density at radius 1 is 1.17 bits per heavy atom. The number of rotatable bonds is 5. The number of aromatic nitrogens is 2. The van der Waals surface area contributed by atoms with Crippen LogP contribution < -0.4 is 9.64 Å². The molecule has 0 unspecified atom stereocenters. The molecule has 1 aliphatic rings. The number of hydrogen-bond acceptors (Lipinski definition) is 5. The van der Waals surface area contributed by atoms with Crippen LogP contribution in [0.2, 0.25) is 0 Å². The van der Waals surface area contributed by atoms with E-state index in [9.17, 15) is 0 Å². The number of ether oxygens (including phenoxy) is 2. The summed E-state index contributed by atoms with van der Waals surface area (Å²) in [5, 5.41) is 0. The standard InChI is InChI=1S/C18H23N3O2/c1-3-16-12-17(23-13-15-6-4-5-14(2)11-15)20-18(19-16)21-7-9-22-10-8-21/h4-6,11-12H,3,7-10,13H2,1-2H3. The van der Waals surface area contributed by atoms with E-state index in [0.717, 1.165) is 49.9 Å². The Balaban J connectivity index is 1.75. The molecule has 2 heterocycles. The zero-order valence-electron chi connectivity index (χ0n) is 13.8. The normalized spacial score (nSPS) is 14.8. The van der Waals surface area contributed by atoms with Crippen molar-refractivity contribution in [2.45, 2.75) is 26.9 Å². The Morgan fingerprint density at radius 3 is 2.74 bits per heavy atom. The fourth-order valence-electron chi connectivity index (χ4n) is 2.58. The van der Waals surface area contributed by atoms with Crippen molar-refractivity contribution in [1.29, 1.82) is 0 Å². The summed E-state index contributed by atoms with van der Waals surface area (Å²) in [6.07, 6.45) is 0.862. The van der Waals surface area contributed by atoms with Crippen LogP contribution in [0.15, 0.2) is 30.3 Å². The molecule has 5 heteroatoms. The summed E-state index contributed by atoms with van der Waals surface area (Å²) in [5.74, 6) is 1.38. The second kappa shape index (κ2) is 7.42. The minimum absolute atomic E-state index is 0.518. The van der Waals surface area contributed by atoms with Crippen molar-refractivity contribution < 1.29 is 9.47 Å². The molecule has 23 heavy (non-hydrogen) atoms. The van der Waals surface area contributed by atoms with E-state index in [-0.39, 0.29) is 0 Å². The van der Waals surface area contributed by atoms with Crippen LogP contribution in [-0.2, 0) is 17.8 Å². The Morgan fingerprint density at radius 2 is 2.00 bits per heavy atom. The van der Waals surface area contributed by atoms with Gasteiger partial charge < -0.3 is 14.4 Å². The van der Waals surface area contributed by atoms with Gasteiger partial charge in [0.2, 0.25) is 11.8 Å². The zero-order chi connectivity index (χ0) is 16.1. The van der Waals surface area contributed by atoms with Gasteiger partial charge in [0.15, 0.2) is 0 Å². The Bertz CT molecular complexity index is 654. The molecule has 0 radical (unpaired) electrons. The van der Waals surface area contributed by atoms with Gasteiger partial charge in [0.25, 0.3) is 0 Å². The fourth-order valence-corrected chi connectivity index (χ4v) is 2.58. The Kier molecular flexibility index (Phi) is 5.08.